The van der Waals surface area contributed by atoms with Crippen molar-refractivity contribution in [1.29, 1.82) is 0 Å². The summed E-state index contributed by atoms with van der Waals surface area (Å²) >= 11 is 5.05. The number of benzene rings is 1. The van der Waals surface area contributed by atoms with E-state index in [2.05, 4.69) is 33.5 Å². The average Bonchev–Trinajstić information content (AvgIpc) is 2.88. The monoisotopic (exact) mass is 366 g/mol. The lowest BCUT2D eigenvalue weighted by molar-refractivity contribution is 0.0952. The number of carbonyl (C=O) groups excluding carboxylic acids is 1. The fourth-order valence-electron chi connectivity index (χ4n) is 1.97. The highest BCUT2D eigenvalue weighted by atomic mass is 79.9. The molecule has 0 bridgehead atoms. The van der Waals surface area contributed by atoms with Crippen molar-refractivity contribution >= 4 is 38.9 Å². The lowest BCUT2D eigenvalue weighted by Gasteiger charge is -2.12. The standard InChI is InChI=1S/C16H19BrN2OS/c1-3-6-18-15-7-11(2)4-5-14(15)16(20)19-9-13-8-12(17)10-21-13/h4-5,7-8,10,18H,3,6,9H2,1-2H3,(H,19,20). The van der Waals surface area contributed by atoms with Crippen molar-refractivity contribution in [2.45, 2.75) is 26.8 Å². The average molecular weight is 367 g/mol. The lowest BCUT2D eigenvalue weighted by atomic mass is 10.1. The van der Waals surface area contributed by atoms with Crippen molar-refractivity contribution in [3.8, 4) is 0 Å². The van der Waals surface area contributed by atoms with Crippen LogP contribution in [0.4, 0.5) is 5.69 Å². The van der Waals surface area contributed by atoms with Crippen LogP contribution in [0.2, 0.25) is 0 Å². The van der Waals surface area contributed by atoms with Gasteiger partial charge in [0.15, 0.2) is 0 Å². The molecule has 0 spiro atoms. The molecule has 1 heterocycles. The number of aryl methyl sites for hydroxylation is 1. The summed E-state index contributed by atoms with van der Waals surface area (Å²) in [5.41, 5.74) is 2.75. The Morgan fingerprint density at radius 3 is 2.81 bits per heavy atom. The molecule has 2 aromatic rings. The maximum Gasteiger partial charge on any atom is 0.253 e. The van der Waals surface area contributed by atoms with Crippen LogP contribution in [0.1, 0.15) is 34.1 Å². The minimum absolute atomic E-state index is 0.0434. The second-order valence-corrected chi connectivity index (χ2v) is 6.80. The number of anilines is 1. The first kappa shape index (κ1) is 16.0. The summed E-state index contributed by atoms with van der Waals surface area (Å²) in [6, 6.07) is 7.89. The first-order valence-corrected chi connectivity index (χ1v) is 8.63. The summed E-state index contributed by atoms with van der Waals surface area (Å²) < 4.78 is 1.05. The van der Waals surface area contributed by atoms with Crippen molar-refractivity contribution in [2.75, 3.05) is 11.9 Å². The van der Waals surface area contributed by atoms with Gasteiger partial charge in [-0.3, -0.25) is 4.79 Å². The smallest absolute Gasteiger partial charge is 0.253 e. The van der Waals surface area contributed by atoms with Crippen LogP contribution in [0.25, 0.3) is 0 Å². The summed E-state index contributed by atoms with van der Waals surface area (Å²) in [7, 11) is 0. The van der Waals surface area contributed by atoms with Crippen molar-refractivity contribution in [3.05, 3.63) is 50.1 Å². The Labute approximate surface area is 137 Å². The molecule has 21 heavy (non-hydrogen) atoms. The zero-order valence-corrected chi connectivity index (χ0v) is 14.6. The van der Waals surface area contributed by atoms with Gasteiger partial charge in [-0.15, -0.1) is 11.3 Å². The molecule has 0 aliphatic rings. The van der Waals surface area contributed by atoms with Crippen molar-refractivity contribution < 1.29 is 4.79 Å². The third-order valence-corrected chi connectivity index (χ3v) is 4.73. The quantitative estimate of drug-likeness (QED) is 0.785. The number of hydrogen-bond donors (Lipinski definition) is 2. The van der Waals surface area contributed by atoms with Gasteiger partial charge in [-0.2, -0.15) is 0 Å². The van der Waals surface area contributed by atoms with E-state index in [0.29, 0.717) is 12.1 Å². The molecule has 5 heteroatoms. The molecule has 0 fully saturated rings. The van der Waals surface area contributed by atoms with Crippen LogP contribution in [0.5, 0.6) is 0 Å². The number of rotatable bonds is 6. The molecule has 1 amide bonds. The Morgan fingerprint density at radius 1 is 1.33 bits per heavy atom. The second kappa shape index (κ2) is 7.61. The molecule has 2 rings (SSSR count). The zero-order chi connectivity index (χ0) is 15.2. The highest BCUT2D eigenvalue weighted by Crippen LogP contribution is 2.21. The molecule has 112 valence electrons. The highest BCUT2D eigenvalue weighted by molar-refractivity contribution is 9.10. The molecule has 0 aliphatic carbocycles. The fraction of sp³-hybridized carbons (Fsp3) is 0.312. The summed E-state index contributed by atoms with van der Waals surface area (Å²) in [5, 5.41) is 8.31. The fourth-order valence-corrected chi connectivity index (χ4v) is 3.36. The predicted octanol–water partition coefficient (Wildman–Crippen LogP) is 4.57. The van der Waals surface area contributed by atoms with E-state index in [9.17, 15) is 4.79 Å². The lowest BCUT2D eigenvalue weighted by Crippen LogP contribution is -2.23. The van der Waals surface area contributed by atoms with Crippen LogP contribution in [0.15, 0.2) is 34.1 Å². The van der Waals surface area contributed by atoms with Gasteiger partial charge in [0.2, 0.25) is 0 Å². The van der Waals surface area contributed by atoms with Gasteiger partial charge in [-0.05, 0) is 53.0 Å². The predicted molar refractivity (Wildman–Crippen MR) is 93.1 cm³/mol. The maximum atomic E-state index is 12.4. The Bertz CT molecular complexity index is 624. The van der Waals surface area contributed by atoms with Crippen LogP contribution in [-0.4, -0.2) is 12.5 Å². The van der Waals surface area contributed by atoms with E-state index in [1.54, 1.807) is 11.3 Å². The Morgan fingerprint density at radius 2 is 2.14 bits per heavy atom. The van der Waals surface area contributed by atoms with Gasteiger partial charge < -0.3 is 10.6 Å². The SMILES string of the molecule is CCCNc1cc(C)ccc1C(=O)NCc1cc(Br)cs1. The van der Waals surface area contributed by atoms with E-state index in [0.717, 1.165) is 33.6 Å². The van der Waals surface area contributed by atoms with Crippen LogP contribution in [0.3, 0.4) is 0 Å². The Hall–Kier alpha value is -1.33. The first-order valence-electron chi connectivity index (χ1n) is 6.95. The van der Waals surface area contributed by atoms with E-state index in [1.165, 1.54) is 0 Å². The number of hydrogen-bond acceptors (Lipinski definition) is 3. The zero-order valence-electron chi connectivity index (χ0n) is 12.2. The van der Waals surface area contributed by atoms with E-state index >= 15 is 0 Å². The second-order valence-electron chi connectivity index (χ2n) is 4.89. The number of thiophene rings is 1. The van der Waals surface area contributed by atoms with Crippen molar-refractivity contribution in [2.24, 2.45) is 0 Å². The first-order chi connectivity index (χ1) is 10.1. The number of nitrogens with one attached hydrogen (secondary N) is 2. The molecular weight excluding hydrogens is 348 g/mol. The summed E-state index contributed by atoms with van der Waals surface area (Å²) in [6.07, 6.45) is 1.03. The molecule has 1 aromatic carbocycles. The molecule has 0 saturated carbocycles. The molecule has 2 N–H and O–H groups in total. The van der Waals surface area contributed by atoms with Crippen LogP contribution in [-0.2, 0) is 6.54 Å². The largest absolute Gasteiger partial charge is 0.384 e. The molecule has 3 nitrogen and oxygen atoms in total. The van der Waals surface area contributed by atoms with E-state index in [1.807, 2.05) is 36.6 Å². The van der Waals surface area contributed by atoms with E-state index < -0.39 is 0 Å². The minimum Gasteiger partial charge on any atom is -0.384 e. The van der Waals surface area contributed by atoms with Crippen LogP contribution < -0.4 is 10.6 Å². The van der Waals surface area contributed by atoms with Crippen LogP contribution in [0, 0.1) is 6.92 Å². The van der Waals surface area contributed by atoms with Gasteiger partial charge in [0, 0.05) is 27.0 Å². The molecule has 0 saturated heterocycles. The molecule has 0 radical (unpaired) electrons. The van der Waals surface area contributed by atoms with Gasteiger partial charge in [0.25, 0.3) is 5.91 Å². The Balaban J connectivity index is 2.07. The van der Waals surface area contributed by atoms with E-state index in [4.69, 9.17) is 0 Å². The maximum absolute atomic E-state index is 12.4. The van der Waals surface area contributed by atoms with Crippen molar-refractivity contribution in [3.63, 3.8) is 0 Å². The third kappa shape index (κ3) is 4.58. The Kier molecular flexibility index (Phi) is 5.82. The normalized spacial score (nSPS) is 10.4. The van der Waals surface area contributed by atoms with Crippen LogP contribution >= 0.6 is 27.3 Å². The summed E-state index contributed by atoms with van der Waals surface area (Å²) in [6.45, 7) is 5.55. The van der Waals surface area contributed by atoms with Gasteiger partial charge in [0.1, 0.15) is 0 Å². The summed E-state index contributed by atoms with van der Waals surface area (Å²) in [4.78, 5) is 13.5. The topological polar surface area (TPSA) is 41.1 Å². The van der Waals surface area contributed by atoms with Gasteiger partial charge >= 0.3 is 0 Å². The molecule has 0 unspecified atom stereocenters. The molecule has 1 aromatic heterocycles. The van der Waals surface area contributed by atoms with Gasteiger partial charge in [-0.1, -0.05) is 13.0 Å². The summed E-state index contributed by atoms with van der Waals surface area (Å²) in [5.74, 6) is -0.0434. The molecule has 0 aliphatic heterocycles. The number of amides is 1. The molecular formula is C16H19BrN2OS. The van der Waals surface area contributed by atoms with Gasteiger partial charge in [0.05, 0.1) is 12.1 Å². The third-order valence-electron chi connectivity index (χ3n) is 3.03. The molecule has 0 atom stereocenters. The van der Waals surface area contributed by atoms with Gasteiger partial charge in [-0.25, -0.2) is 0 Å². The highest BCUT2D eigenvalue weighted by Gasteiger charge is 2.11. The minimum atomic E-state index is -0.0434. The van der Waals surface area contributed by atoms with Crippen molar-refractivity contribution in [1.82, 2.24) is 5.32 Å². The number of halogens is 1. The number of carbonyl (C=O) groups is 1. The van der Waals surface area contributed by atoms with E-state index in [-0.39, 0.29) is 5.91 Å².